The molecule has 0 radical (unpaired) electrons. The Morgan fingerprint density at radius 3 is 3.05 bits per heavy atom. The van der Waals surface area contributed by atoms with Gasteiger partial charge in [-0.25, -0.2) is 9.97 Å². The molecule has 0 atom stereocenters. The highest BCUT2D eigenvalue weighted by Crippen LogP contribution is 1.98. The van der Waals surface area contributed by atoms with Crippen molar-refractivity contribution in [2.45, 2.75) is 6.54 Å². The Labute approximate surface area is 112 Å². The predicted octanol–water partition coefficient (Wildman–Crippen LogP) is -0.257. The number of nitrogens with one attached hydrogen (secondary N) is 2. The first-order chi connectivity index (χ1) is 9.75. The van der Waals surface area contributed by atoms with Gasteiger partial charge in [0, 0.05) is 12.4 Å². The molecule has 0 saturated heterocycles. The number of fused-ring (bicyclic) bond motifs is 1. The smallest absolute Gasteiger partial charge is 0.270 e. The van der Waals surface area contributed by atoms with Crippen molar-refractivity contribution in [3.63, 3.8) is 0 Å². The minimum Gasteiger partial charge on any atom is -0.345 e. The maximum absolute atomic E-state index is 12.2. The van der Waals surface area contributed by atoms with Crippen molar-refractivity contribution in [1.82, 2.24) is 29.9 Å². The number of H-pyrrole nitrogens is 1. The molecule has 8 heteroatoms. The molecular weight excluding hydrogens is 260 g/mol. The Morgan fingerprint density at radius 1 is 1.35 bits per heavy atom. The topological polar surface area (TPSA) is 105 Å². The van der Waals surface area contributed by atoms with Crippen LogP contribution >= 0.6 is 0 Å². The van der Waals surface area contributed by atoms with Crippen molar-refractivity contribution < 1.29 is 4.79 Å². The Kier molecular flexibility index (Phi) is 2.96. The number of carbonyl (C=O) groups is 1. The van der Waals surface area contributed by atoms with Crippen LogP contribution in [0.2, 0.25) is 0 Å². The molecule has 3 aromatic heterocycles. The van der Waals surface area contributed by atoms with Gasteiger partial charge in [0.05, 0.1) is 6.54 Å². The summed E-state index contributed by atoms with van der Waals surface area (Å²) in [6.45, 7) is 0.162. The van der Waals surface area contributed by atoms with E-state index in [-0.39, 0.29) is 12.1 Å². The summed E-state index contributed by atoms with van der Waals surface area (Å²) in [5.74, 6) is 0.00403. The summed E-state index contributed by atoms with van der Waals surface area (Å²) in [6.07, 6.45) is 4.18. The van der Waals surface area contributed by atoms with Crippen LogP contribution in [0.4, 0.5) is 0 Å². The minimum atomic E-state index is -0.503. The fourth-order valence-electron chi connectivity index (χ4n) is 1.76. The van der Waals surface area contributed by atoms with Crippen LogP contribution in [0.15, 0.2) is 41.7 Å². The minimum absolute atomic E-state index is 0.0202. The van der Waals surface area contributed by atoms with Crippen LogP contribution in [0, 0.1) is 0 Å². The highest BCUT2D eigenvalue weighted by Gasteiger charge is 2.13. The van der Waals surface area contributed by atoms with E-state index in [1.807, 2.05) is 0 Å². The third kappa shape index (κ3) is 2.14. The molecule has 0 aromatic carbocycles. The molecule has 3 rings (SSSR count). The van der Waals surface area contributed by atoms with E-state index in [9.17, 15) is 9.59 Å². The van der Waals surface area contributed by atoms with Gasteiger partial charge in [-0.3, -0.25) is 19.1 Å². The van der Waals surface area contributed by atoms with E-state index in [0.29, 0.717) is 11.5 Å². The molecule has 0 spiro atoms. The molecule has 0 saturated carbocycles. The van der Waals surface area contributed by atoms with Gasteiger partial charge in [0.25, 0.3) is 11.5 Å². The Morgan fingerprint density at radius 2 is 2.25 bits per heavy atom. The molecule has 3 heterocycles. The molecule has 0 bridgehead atoms. The second-order valence-electron chi connectivity index (χ2n) is 4.02. The molecule has 3 aromatic rings. The molecule has 100 valence electrons. The Bertz CT molecular complexity index is 808. The predicted molar refractivity (Wildman–Crippen MR) is 69.0 cm³/mol. The van der Waals surface area contributed by atoms with Crippen LogP contribution in [0.5, 0.6) is 0 Å². The SMILES string of the molecule is O=C(NCc1ncn[nH]1)c1cnc2ccccn2c1=O. The first-order valence-corrected chi connectivity index (χ1v) is 5.84. The number of nitrogens with zero attached hydrogens (tertiary/aromatic N) is 4. The third-order valence-electron chi connectivity index (χ3n) is 2.74. The van der Waals surface area contributed by atoms with Gasteiger partial charge in [-0.15, -0.1) is 0 Å². The standard InChI is InChI=1S/C12H10N6O2/c19-11(14-6-9-15-7-16-17-9)8-5-13-10-3-1-2-4-18(10)12(8)20/h1-5,7H,6H2,(H,14,19)(H,15,16,17). The van der Waals surface area contributed by atoms with Crippen LogP contribution in [0.3, 0.4) is 0 Å². The van der Waals surface area contributed by atoms with E-state index in [4.69, 9.17) is 0 Å². The van der Waals surface area contributed by atoms with Crippen molar-refractivity contribution in [2.75, 3.05) is 0 Å². The first-order valence-electron chi connectivity index (χ1n) is 5.84. The van der Waals surface area contributed by atoms with Crippen LogP contribution < -0.4 is 10.9 Å². The van der Waals surface area contributed by atoms with Crippen LogP contribution in [0.1, 0.15) is 16.2 Å². The van der Waals surface area contributed by atoms with Gasteiger partial charge < -0.3 is 5.32 Å². The van der Waals surface area contributed by atoms with E-state index in [2.05, 4.69) is 25.5 Å². The lowest BCUT2D eigenvalue weighted by molar-refractivity contribution is 0.0948. The van der Waals surface area contributed by atoms with E-state index in [1.165, 1.54) is 16.9 Å². The highest BCUT2D eigenvalue weighted by molar-refractivity contribution is 5.93. The number of aromatic nitrogens is 5. The summed E-state index contributed by atoms with van der Waals surface area (Å²) >= 11 is 0. The normalized spacial score (nSPS) is 10.6. The van der Waals surface area contributed by atoms with Gasteiger partial charge in [-0.05, 0) is 12.1 Å². The molecule has 0 unspecified atom stereocenters. The summed E-state index contributed by atoms with van der Waals surface area (Å²) in [5, 5.41) is 8.86. The summed E-state index contributed by atoms with van der Waals surface area (Å²) in [5.41, 5.74) is 0.0585. The zero-order valence-electron chi connectivity index (χ0n) is 10.3. The van der Waals surface area contributed by atoms with Crippen molar-refractivity contribution >= 4 is 11.6 Å². The number of hydrogen-bond donors (Lipinski definition) is 2. The lowest BCUT2D eigenvalue weighted by Crippen LogP contribution is -2.31. The van der Waals surface area contributed by atoms with Gasteiger partial charge in [0.2, 0.25) is 0 Å². The quantitative estimate of drug-likeness (QED) is 0.682. The van der Waals surface area contributed by atoms with Crippen molar-refractivity contribution in [2.24, 2.45) is 0 Å². The molecule has 2 N–H and O–H groups in total. The summed E-state index contributed by atoms with van der Waals surface area (Å²) in [6, 6.07) is 5.16. The maximum atomic E-state index is 12.2. The van der Waals surface area contributed by atoms with Gasteiger partial charge >= 0.3 is 0 Å². The Hall–Kier alpha value is -3.03. The fourth-order valence-corrected chi connectivity index (χ4v) is 1.76. The molecule has 0 aliphatic carbocycles. The number of aromatic amines is 1. The molecule has 20 heavy (non-hydrogen) atoms. The van der Waals surface area contributed by atoms with E-state index < -0.39 is 11.5 Å². The monoisotopic (exact) mass is 270 g/mol. The van der Waals surface area contributed by atoms with Gasteiger partial charge in [-0.1, -0.05) is 6.07 Å². The molecule has 1 amide bonds. The third-order valence-corrected chi connectivity index (χ3v) is 2.74. The lowest BCUT2D eigenvalue weighted by atomic mass is 10.3. The van der Waals surface area contributed by atoms with E-state index >= 15 is 0 Å². The van der Waals surface area contributed by atoms with Crippen LogP contribution in [0.25, 0.3) is 5.65 Å². The zero-order valence-corrected chi connectivity index (χ0v) is 10.3. The molecule has 0 aliphatic heterocycles. The summed E-state index contributed by atoms with van der Waals surface area (Å²) < 4.78 is 1.32. The van der Waals surface area contributed by atoms with Crippen molar-refractivity contribution in [3.05, 3.63) is 58.7 Å². The molecule has 0 aliphatic rings. The average Bonchev–Trinajstić information content (AvgIpc) is 2.99. The fraction of sp³-hybridized carbons (Fsp3) is 0.0833. The number of pyridine rings is 1. The highest BCUT2D eigenvalue weighted by atomic mass is 16.2. The summed E-state index contributed by atoms with van der Waals surface area (Å²) in [7, 11) is 0. The Balaban J connectivity index is 1.88. The maximum Gasteiger partial charge on any atom is 0.270 e. The van der Waals surface area contributed by atoms with Crippen LogP contribution in [-0.2, 0) is 6.54 Å². The molecule has 8 nitrogen and oxygen atoms in total. The first kappa shape index (κ1) is 12.0. The largest absolute Gasteiger partial charge is 0.345 e. The number of rotatable bonds is 3. The van der Waals surface area contributed by atoms with Gasteiger partial charge in [-0.2, -0.15) is 5.10 Å². The number of amides is 1. The summed E-state index contributed by atoms with van der Waals surface area (Å²) in [4.78, 5) is 32.1. The van der Waals surface area contributed by atoms with Crippen LogP contribution in [-0.4, -0.2) is 30.5 Å². The second-order valence-corrected chi connectivity index (χ2v) is 4.02. The van der Waals surface area contributed by atoms with E-state index in [1.54, 1.807) is 24.4 Å². The zero-order chi connectivity index (χ0) is 13.9. The number of carbonyl (C=O) groups excluding carboxylic acids is 1. The molecular formula is C12H10N6O2. The number of hydrogen-bond acceptors (Lipinski definition) is 5. The van der Waals surface area contributed by atoms with Crippen molar-refractivity contribution in [1.29, 1.82) is 0 Å². The molecule has 0 fully saturated rings. The van der Waals surface area contributed by atoms with E-state index in [0.717, 1.165) is 0 Å². The van der Waals surface area contributed by atoms with Crippen molar-refractivity contribution in [3.8, 4) is 0 Å². The average molecular weight is 270 g/mol. The second kappa shape index (κ2) is 4.92. The lowest BCUT2D eigenvalue weighted by Gasteiger charge is -2.04. The van der Waals surface area contributed by atoms with Gasteiger partial charge in [0.15, 0.2) is 0 Å². The van der Waals surface area contributed by atoms with Gasteiger partial charge in [0.1, 0.15) is 23.4 Å².